The lowest BCUT2D eigenvalue weighted by molar-refractivity contribution is -0.132. The monoisotopic (exact) mass is 823 g/mol. The minimum absolute atomic E-state index is 0.0803. The number of aliphatic imine (C=N–C) groups is 1. The second-order valence-electron chi connectivity index (χ2n) is 14.8. The summed E-state index contributed by atoms with van der Waals surface area (Å²) in [5.41, 5.74) is 19.6. The number of aromatic amines is 1. The molecule has 0 saturated heterocycles. The Hall–Kier alpha value is -6.91. The van der Waals surface area contributed by atoms with Crippen LogP contribution in [0.1, 0.15) is 56.2 Å². The summed E-state index contributed by atoms with van der Waals surface area (Å²) >= 11 is 0. The summed E-state index contributed by atoms with van der Waals surface area (Å²) in [6.07, 6.45) is 3.38. The summed E-state index contributed by atoms with van der Waals surface area (Å²) in [7, 11) is 1.52. The molecule has 17 heteroatoms. The maximum absolute atomic E-state index is 13.8. The maximum Gasteiger partial charge on any atom is 0.334 e. The first kappa shape index (κ1) is 45.8. The third kappa shape index (κ3) is 15.1. The summed E-state index contributed by atoms with van der Waals surface area (Å²) in [5.74, 6) is -2.98. The van der Waals surface area contributed by atoms with Gasteiger partial charge < -0.3 is 43.0 Å². The van der Waals surface area contributed by atoms with E-state index in [0.717, 1.165) is 27.6 Å². The smallest absolute Gasteiger partial charge is 0.334 e. The van der Waals surface area contributed by atoms with Gasteiger partial charge in [0, 0.05) is 50.0 Å². The lowest BCUT2D eigenvalue weighted by Gasteiger charge is -2.26. The fourth-order valence-electron chi connectivity index (χ4n) is 6.50. The molecule has 0 aliphatic rings. The minimum Gasteiger partial charge on any atom is -0.370 e. The molecule has 4 rings (SSSR count). The number of primary amides is 1. The summed E-state index contributed by atoms with van der Waals surface area (Å²) < 4.78 is 0. The number of rotatable bonds is 21. The van der Waals surface area contributed by atoms with Crippen molar-refractivity contribution in [1.29, 1.82) is 0 Å². The van der Waals surface area contributed by atoms with E-state index in [-0.39, 0.29) is 49.9 Å². The quantitative estimate of drug-likeness (QED) is 0.0255. The van der Waals surface area contributed by atoms with Crippen LogP contribution in [0.5, 0.6) is 0 Å². The third-order valence-corrected chi connectivity index (χ3v) is 9.65. The average Bonchev–Trinajstić information content (AvgIpc) is 3.65. The van der Waals surface area contributed by atoms with E-state index in [1.165, 1.54) is 7.05 Å². The number of H-pyrrole nitrogens is 1. The molecule has 0 spiro atoms. The van der Waals surface area contributed by atoms with Crippen molar-refractivity contribution in [2.75, 3.05) is 13.6 Å². The number of urea groups is 1. The normalized spacial score (nSPS) is 13.3. The molecule has 1 heterocycles. The number of nitrogens with zero attached hydrogens (tertiary/aromatic N) is 1. The van der Waals surface area contributed by atoms with Gasteiger partial charge >= 0.3 is 6.03 Å². The maximum atomic E-state index is 13.8. The van der Waals surface area contributed by atoms with Crippen LogP contribution in [0.4, 0.5) is 4.79 Å². The van der Waals surface area contributed by atoms with Crippen molar-refractivity contribution in [3.63, 3.8) is 0 Å². The number of nitrogens with one attached hydrogen (secondary N) is 8. The molecular formula is C43H57N11O6. The largest absolute Gasteiger partial charge is 0.370 e. The molecule has 0 aliphatic heterocycles. The molecular weight excluding hydrogens is 767 g/mol. The number of hydrogen-bond acceptors (Lipinski definition) is 7. The zero-order valence-corrected chi connectivity index (χ0v) is 34.3. The molecule has 0 fully saturated rings. The highest BCUT2D eigenvalue weighted by molar-refractivity contribution is 5.94. The molecule has 60 heavy (non-hydrogen) atoms. The van der Waals surface area contributed by atoms with Crippen molar-refractivity contribution in [1.82, 2.24) is 42.4 Å². The fourth-order valence-corrected chi connectivity index (χ4v) is 6.50. The Labute approximate surface area is 349 Å². The van der Waals surface area contributed by atoms with Crippen LogP contribution in [-0.4, -0.2) is 84.3 Å². The first-order valence-corrected chi connectivity index (χ1v) is 20.0. The van der Waals surface area contributed by atoms with E-state index in [0.29, 0.717) is 19.4 Å². The van der Waals surface area contributed by atoms with E-state index in [4.69, 9.17) is 11.5 Å². The molecule has 4 aromatic rings. The molecule has 0 saturated carbocycles. The van der Waals surface area contributed by atoms with Gasteiger partial charge in [0.15, 0.2) is 5.96 Å². The zero-order valence-electron chi connectivity index (χ0n) is 34.3. The average molecular weight is 824 g/mol. The van der Waals surface area contributed by atoms with E-state index in [1.54, 1.807) is 24.3 Å². The Bertz CT molecular complexity index is 2070. The summed E-state index contributed by atoms with van der Waals surface area (Å²) in [5, 5.41) is 14.7. The topological polar surface area (TPSA) is 267 Å². The molecule has 0 radical (unpaired) electrons. The van der Waals surface area contributed by atoms with Gasteiger partial charge in [0.2, 0.25) is 23.6 Å². The van der Waals surface area contributed by atoms with Gasteiger partial charge in [-0.25, -0.2) is 10.2 Å². The van der Waals surface area contributed by atoms with Gasteiger partial charge in [-0.05, 0) is 54.4 Å². The highest BCUT2D eigenvalue weighted by Gasteiger charge is 2.30. The summed E-state index contributed by atoms with van der Waals surface area (Å²) in [6.45, 7) is 4.04. The van der Waals surface area contributed by atoms with Crippen molar-refractivity contribution in [2.45, 2.75) is 83.0 Å². The van der Waals surface area contributed by atoms with Gasteiger partial charge in [-0.15, -0.1) is 0 Å². The number of benzene rings is 3. The number of guanidine groups is 1. The molecule has 17 nitrogen and oxygen atoms in total. The Morgan fingerprint density at radius 1 is 0.683 bits per heavy atom. The minimum atomic E-state index is -1.14. The summed E-state index contributed by atoms with van der Waals surface area (Å²) in [4.78, 5) is 86.8. The third-order valence-electron chi connectivity index (χ3n) is 9.65. The van der Waals surface area contributed by atoms with Crippen molar-refractivity contribution in [3.8, 4) is 0 Å². The molecule has 12 N–H and O–H groups in total. The van der Waals surface area contributed by atoms with Crippen LogP contribution in [0.3, 0.4) is 0 Å². The predicted octanol–water partition coefficient (Wildman–Crippen LogP) is 1.59. The van der Waals surface area contributed by atoms with Crippen LogP contribution >= 0.6 is 0 Å². The number of hydrogen-bond donors (Lipinski definition) is 10. The van der Waals surface area contributed by atoms with Crippen molar-refractivity contribution in [2.24, 2.45) is 22.4 Å². The van der Waals surface area contributed by atoms with Crippen LogP contribution in [0.25, 0.3) is 10.9 Å². The standard InChI is InChI=1S/C43H57N11O6/c1-27(2)23-35(40(58)50-33(19-12-22-47-42(45)46-3)39(57)51-34(38(44)56)24-28-13-6-4-7-14-28)52-43(60)54-53-41(59)36(25-29-15-8-5-9-16-29)49-37(55)21-20-30-26-48-32-18-11-10-17-31(30)32/h4-11,13-18,26-27,33-36,48H,12,19-25H2,1-3H3,(H2,44,56)(H,49,55)(H,50,58)(H,51,57)(H,53,59)(H3,45,46,47)(H2,52,54,60)/t33-,34-,35-,36-/m0/s1. The molecule has 7 amide bonds. The predicted molar refractivity (Wildman–Crippen MR) is 230 cm³/mol. The Morgan fingerprint density at radius 2 is 1.28 bits per heavy atom. The number of nitrogens with two attached hydrogens (primary N) is 2. The number of aryl methyl sites for hydroxylation is 1. The van der Waals surface area contributed by atoms with Crippen molar-refractivity contribution < 1.29 is 28.8 Å². The van der Waals surface area contributed by atoms with Gasteiger partial charge in [-0.2, -0.15) is 0 Å². The van der Waals surface area contributed by atoms with Crippen molar-refractivity contribution >= 4 is 52.4 Å². The summed E-state index contributed by atoms with van der Waals surface area (Å²) in [6, 6.07) is 20.6. The SMILES string of the molecule is CN=C(N)NCCC[C@H](NC(=O)[C@H](CC(C)C)NC(=O)NNC(=O)[C@H](Cc1ccccc1)NC(=O)CCc1c[nH]c2ccccc12)C(=O)N[C@@H](Cc1ccccc1)C(N)=O. The van der Waals surface area contributed by atoms with Crippen LogP contribution in [0.15, 0.2) is 96.1 Å². The first-order chi connectivity index (χ1) is 28.8. The van der Waals surface area contributed by atoms with E-state index < -0.39 is 53.8 Å². The van der Waals surface area contributed by atoms with Crippen LogP contribution in [0, 0.1) is 5.92 Å². The van der Waals surface area contributed by atoms with Crippen LogP contribution < -0.4 is 48.9 Å². The van der Waals surface area contributed by atoms with E-state index >= 15 is 0 Å². The van der Waals surface area contributed by atoms with Gasteiger partial charge in [-0.3, -0.25) is 34.4 Å². The molecule has 0 bridgehead atoms. The zero-order chi connectivity index (χ0) is 43.4. The molecule has 0 aliphatic carbocycles. The molecule has 0 unspecified atom stereocenters. The Morgan fingerprint density at radius 3 is 1.92 bits per heavy atom. The number of carbonyl (C=O) groups is 6. The lowest BCUT2D eigenvalue weighted by atomic mass is 10.0. The number of para-hydroxylation sites is 1. The Kier molecular flexibility index (Phi) is 17.9. The van der Waals surface area contributed by atoms with Gasteiger partial charge in [-0.1, -0.05) is 92.7 Å². The van der Waals surface area contributed by atoms with E-state index in [2.05, 4.69) is 47.4 Å². The highest BCUT2D eigenvalue weighted by atomic mass is 16.2. The van der Waals surface area contributed by atoms with Gasteiger partial charge in [0.25, 0.3) is 5.91 Å². The molecule has 320 valence electrons. The van der Waals surface area contributed by atoms with Crippen LogP contribution in [-0.2, 0) is 43.2 Å². The van der Waals surface area contributed by atoms with Crippen molar-refractivity contribution in [3.05, 3.63) is 108 Å². The molecule has 3 aromatic carbocycles. The van der Waals surface area contributed by atoms with E-state index in [1.807, 2.05) is 80.7 Å². The Balaban J connectivity index is 1.40. The number of fused-ring (bicyclic) bond motifs is 1. The lowest BCUT2D eigenvalue weighted by Crippen LogP contribution is -2.59. The molecule has 1 aromatic heterocycles. The first-order valence-electron chi connectivity index (χ1n) is 20.0. The number of amides is 7. The second-order valence-corrected chi connectivity index (χ2v) is 14.8. The van der Waals surface area contributed by atoms with Crippen LogP contribution in [0.2, 0.25) is 0 Å². The number of aromatic nitrogens is 1. The van der Waals surface area contributed by atoms with E-state index in [9.17, 15) is 28.8 Å². The van der Waals surface area contributed by atoms with Gasteiger partial charge in [0.05, 0.1) is 0 Å². The fraction of sp³-hybridized carbons (Fsp3) is 0.372. The highest BCUT2D eigenvalue weighted by Crippen LogP contribution is 2.19. The number of hydrazine groups is 1. The molecule has 4 atom stereocenters. The number of carbonyl (C=O) groups excluding carboxylic acids is 6. The second kappa shape index (κ2) is 23.5. The van der Waals surface area contributed by atoms with Gasteiger partial charge in [0.1, 0.15) is 24.2 Å².